The first-order valence-corrected chi connectivity index (χ1v) is 8.12. The van der Waals surface area contributed by atoms with E-state index in [9.17, 15) is 18.4 Å². The summed E-state index contributed by atoms with van der Waals surface area (Å²) >= 11 is 0. The second-order valence-electron chi connectivity index (χ2n) is 5.71. The van der Waals surface area contributed by atoms with Crippen LogP contribution in [-0.2, 0) is 9.53 Å². The zero-order chi connectivity index (χ0) is 19.4. The minimum Gasteiger partial charge on any atom is -0.485 e. The van der Waals surface area contributed by atoms with Gasteiger partial charge in [0.2, 0.25) is 11.9 Å². The first-order valence-electron chi connectivity index (χ1n) is 8.12. The average molecular weight is 378 g/mol. The van der Waals surface area contributed by atoms with Crippen LogP contribution in [0.3, 0.4) is 0 Å². The lowest BCUT2D eigenvalue weighted by atomic mass is 10.1. The molecule has 0 fully saturated rings. The van der Waals surface area contributed by atoms with Crippen LogP contribution in [0.25, 0.3) is 0 Å². The third-order valence-electron chi connectivity index (χ3n) is 3.80. The third kappa shape index (κ3) is 4.52. The van der Waals surface area contributed by atoms with E-state index in [1.807, 2.05) is 0 Å². The molecule has 0 saturated heterocycles. The number of fused-ring (bicyclic) bond motifs is 1. The Morgan fingerprint density at radius 2 is 1.74 bits per heavy atom. The summed E-state index contributed by atoms with van der Waals surface area (Å²) in [5, 5.41) is 0. The van der Waals surface area contributed by atoms with E-state index in [1.54, 1.807) is 24.3 Å². The largest absolute Gasteiger partial charge is 0.485 e. The minimum absolute atomic E-state index is 0.0313. The Kier molecular flexibility index (Phi) is 5.54. The van der Waals surface area contributed by atoms with Crippen molar-refractivity contribution in [3.63, 3.8) is 0 Å². The van der Waals surface area contributed by atoms with Gasteiger partial charge in [-0.2, -0.15) is 8.78 Å². The third-order valence-corrected chi connectivity index (χ3v) is 3.80. The SMILES string of the molecule is C[C@@H](OC(=O)[C@H]1COc2ccccc2O1)C(=O)c1ccc(OC(F)F)cc1. The molecule has 2 atom stereocenters. The molecule has 0 spiro atoms. The van der Waals surface area contributed by atoms with Crippen molar-refractivity contribution in [3.05, 3.63) is 54.1 Å². The van der Waals surface area contributed by atoms with Crippen molar-refractivity contribution in [2.75, 3.05) is 6.61 Å². The topological polar surface area (TPSA) is 71.1 Å². The number of halogens is 2. The Balaban J connectivity index is 1.59. The van der Waals surface area contributed by atoms with Crippen molar-refractivity contribution in [1.82, 2.24) is 0 Å². The molecule has 8 heteroatoms. The Hall–Kier alpha value is -3.16. The van der Waals surface area contributed by atoms with Gasteiger partial charge >= 0.3 is 12.6 Å². The number of benzene rings is 2. The van der Waals surface area contributed by atoms with Gasteiger partial charge in [-0.05, 0) is 43.3 Å². The number of Topliss-reactive ketones (excluding diaryl/α,β-unsaturated/α-hetero) is 1. The van der Waals surface area contributed by atoms with Crippen molar-refractivity contribution in [2.45, 2.75) is 25.7 Å². The van der Waals surface area contributed by atoms with E-state index in [-0.39, 0.29) is 17.9 Å². The average Bonchev–Trinajstić information content (AvgIpc) is 2.67. The summed E-state index contributed by atoms with van der Waals surface area (Å²) in [7, 11) is 0. The van der Waals surface area contributed by atoms with E-state index in [2.05, 4.69) is 4.74 Å². The van der Waals surface area contributed by atoms with Crippen molar-refractivity contribution in [2.24, 2.45) is 0 Å². The molecule has 1 aliphatic rings. The van der Waals surface area contributed by atoms with E-state index in [1.165, 1.54) is 31.2 Å². The van der Waals surface area contributed by atoms with Crippen molar-refractivity contribution in [3.8, 4) is 17.2 Å². The Morgan fingerprint density at radius 3 is 2.41 bits per heavy atom. The molecule has 0 amide bonds. The fourth-order valence-corrected chi connectivity index (χ4v) is 2.47. The molecule has 6 nitrogen and oxygen atoms in total. The highest BCUT2D eigenvalue weighted by atomic mass is 19.3. The van der Waals surface area contributed by atoms with Crippen LogP contribution in [0, 0.1) is 0 Å². The number of ketones is 1. The van der Waals surface area contributed by atoms with Crippen LogP contribution >= 0.6 is 0 Å². The van der Waals surface area contributed by atoms with Crippen LogP contribution in [-0.4, -0.2) is 37.2 Å². The summed E-state index contributed by atoms with van der Waals surface area (Å²) in [6.07, 6.45) is -2.07. The zero-order valence-electron chi connectivity index (χ0n) is 14.3. The molecule has 1 heterocycles. The van der Waals surface area contributed by atoms with Gasteiger partial charge < -0.3 is 18.9 Å². The van der Waals surface area contributed by atoms with Gasteiger partial charge in [-0.1, -0.05) is 12.1 Å². The summed E-state index contributed by atoms with van der Waals surface area (Å²) in [6.45, 7) is -1.56. The summed E-state index contributed by atoms with van der Waals surface area (Å²) in [6, 6.07) is 12.0. The molecule has 0 N–H and O–H groups in total. The van der Waals surface area contributed by atoms with Gasteiger partial charge in [-0.3, -0.25) is 4.79 Å². The number of hydrogen-bond donors (Lipinski definition) is 0. The van der Waals surface area contributed by atoms with Crippen molar-refractivity contribution in [1.29, 1.82) is 0 Å². The van der Waals surface area contributed by atoms with Crippen LogP contribution in [0.4, 0.5) is 8.78 Å². The Labute approximate surface area is 153 Å². The fraction of sp³-hybridized carbons (Fsp3) is 0.263. The van der Waals surface area contributed by atoms with Crippen LogP contribution in [0.2, 0.25) is 0 Å². The van der Waals surface area contributed by atoms with Crippen molar-refractivity contribution >= 4 is 11.8 Å². The van der Waals surface area contributed by atoms with Crippen LogP contribution in [0.15, 0.2) is 48.5 Å². The number of ether oxygens (including phenoxy) is 4. The van der Waals surface area contributed by atoms with Gasteiger partial charge in [0, 0.05) is 5.56 Å². The number of esters is 1. The summed E-state index contributed by atoms with van der Waals surface area (Å²) in [4.78, 5) is 24.6. The molecule has 0 aliphatic carbocycles. The molecule has 2 aromatic rings. The van der Waals surface area contributed by atoms with E-state index in [4.69, 9.17) is 14.2 Å². The van der Waals surface area contributed by atoms with E-state index in [0.29, 0.717) is 11.5 Å². The molecule has 142 valence electrons. The second-order valence-corrected chi connectivity index (χ2v) is 5.71. The van der Waals surface area contributed by atoms with Gasteiger partial charge in [-0.15, -0.1) is 0 Å². The molecule has 0 bridgehead atoms. The number of carbonyl (C=O) groups excluding carboxylic acids is 2. The molecule has 0 saturated carbocycles. The first kappa shape index (κ1) is 18.6. The zero-order valence-corrected chi connectivity index (χ0v) is 14.3. The number of alkyl halides is 2. The monoisotopic (exact) mass is 378 g/mol. The molecule has 27 heavy (non-hydrogen) atoms. The summed E-state index contributed by atoms with van der Waals surface area (Å²) in [5.74, 6) is -0.347. The fourth-order valence-electron chi connectivity index (χ4n) is 2.47. The van der Waals surface area contributed by atoms with Gasteiger partial charge in [0.1, 0.15) is 12.4 Å². The smallest absolute Gasteiger partial charge is 0.387 e. The van der Waals surface area contributed by atoms with Crippen LogP contribution in [0.5, 0.6) is 17.2 Å². The number of hydrogen-bond acceptors (Lipinski definition) is 6. The number of para-hydroxylation sites is 2. The molecule has 0 aromatic heterocycles. The molecule has 0 unspecified atom stereocenters. The quantitative estimate of drug-likeness (QED) is 0.568. The lowest BCUT2D eigenvalue weighted by Gasteiger charge is -2.25. The molecule has 0 radical (unpaired) electrons. The van der Waals surface area contributed by atoms with Gasteiger partial charge in [0.25, 0.3) is 0 Å². The standard InChI is InChI=1S/C19H16F2O6/c1-11(17(22)12-6-8-13(9-7-12)26-19(20)21)25-18(23)16-10-24-14-4-2-3-5-15(14)27-16/h2-9,11,16,19H,10H2,1H3/t11-,16-/m1/s1. The van der Waals surface area contributed by atoms with Gasteiger partial charge in [-0.25, -0.2) is 4.79 Å². The molecule has 2 aromatic carbocycles. The lowest BCUT2D eigenvalue weighted by Crippen LogP contribution is -2.40. The lowest BCUT2D eigenvalue weighted by molar-refractivity contribution is -0.157. The minimum atomic E-state index is -2.95. The van der Waals surface area contributed by atoms with E-state index >= 15 is 0 Å². The highest BCUT2D eigenvalue weighted by Crippen LogP contribution is 2.31. The van der Waals surface area contributed by atoms with Gasteiger partial charge in [0.05, 0.1) is 0 Å². The normalized spacial score (nSPS) is 16.5. The Morgan fingerprint density at radius 1 is 1.07 bits per heavy atom. The van der Waals surface area contributed by atoms with Crippen LogP contribution < -0.4 is 14.2 Å². The summed E-state index contributed by atoms with van der Waals surface area (Å²) < 4.78 is 44.7. The molecular weight excluding hydrogens is 362 g/mol. The summed E-state index contributed by atoms with van der Waals surface area (Å²) in [5.41, 5.74) is 0.197. The highest BCUT2D eigenvalue weighted by Gasteiger charge is 2.31. The van der Waals surface area contributed by atoms with E-state index in [0.717, 1.165) is 0 Å². The van der Waals surface area contributed by atoms with E-state index < -0.39 is 30.6 Å². The maximum atomic E-state index is 12.4. The Bertz CT molecular complexity index is 821. The predicted octanol–water partition coefficient (Wildman–Crippen LogP) is 3.24. The molecular formula is C19H16F2O6. The highest BCUT2D eigenvalue weighted by molar-refractivity contribution is 6.00. The van der Waals surface area contributed by atoms with Crippen molar-refractivity contribution < 1.29 is 37.3 Å². The molecule has 3 rings (SSSR count). The predicted molar refractivity (Wildman–Crippen MR) is 89.3 cm³/mol. The maximum Gasteiger partial charge on any atom is 0.387 e. The number of rotatable bonds is 6. The van der Waals surface area contributed by atoms with Crippen LogP contribution in [0.1, 0.15) is 17.3 Å². The molecule has 1 aliphatic heterocycles. The second kappa shape index (κ2) is 8.03. The first-order chi connectivity index (χ1) is 12.9. The maximum absolute atomic E-state index is 12.4. The number of carbonyl (C=O) groups is 2. The van der Waals surface area contributed by atoms with Gasteiger partial charge in [0.15, 0.2) is 17.6 Å².